The molecule has 0 bridgehead atoms. The Hall–Kier alpha value is -0.770. The van der Waals surface area contributed by atoms with Gasteiger partial charge in [0.25, 0.3) is 0 Å². The fourth-order valence-electron chi connectivity index (χ4n) is 1.29. The maximum atomic E-state index is 11.7. The van der Waals surface area contributed by atoms with Crippen molar-refractivity contribution in [2.75, 3.05) is 13.7 Å². The highest BCUT2D eigenvalue weighted by Crippen LogP contribution is 2.31. The molecular weight excluding hydrogens is 251 g/mol. The van der Waals surface area contributed by atoms with Gasteiger partial charge in [-0.05, 0) is 18.6 Å². The van der Waals surface area contributed by atoms with Crippen molar-refractivity contribution in [3.8, 4) is 5.75 Å². The van der Waals surface area contributed by atoms with Crippen LogP contribution >= 0.6 is 23.2 Å². The van der Waals surface area contributed by atoms with E-state index in [0.29, 0.717) is 18.1 Å². The van der Waals surface area contributed by atoms with E-state index in [1.807, 2.05) is 0 Å². The first kappa shape index (κ1) is 13.3. The maximum absolute atomic E-state index is 11.7. The van der Waals surface area contributed by atoms with Crippen molar-refractivity contribution in [1.82, 2.24) is 0 Å². The topological polar surface area (TPSA) is 46.5 Å². The van der Waals surface area contributed by atoms with Crippen LogP contribution in [0.5, 0.6) is 5.75 Å². The summed E-state index contributed by atoms with van der Waals surface area (Å²) in [5.41, 5.74) is 0.161. The van der Waals surface area contributed by atoms with Crippen LogP contribution in [0.1, 0.15) is 23.2 Å². The number of Topliss-reactive ketones (excluding diaryl/α,β-unsaturated/α-hetero) is 1. The molecule has 0 radical (unpaired) electrons. The van der Waals surface area contributed by atoms with Gasteiger partial charge in [-0.3, -0.25) is 4.79 Å². The van der Waals surface area contributed by atoms with Crippen molar-refractivity contribution in [1.29, 1.82) is 0 Å². The largest absolute Gasteiger partial charge is 0.506 e. The number of phenolic OH excluding ortho intramolecular Hbond substituents is 1. The molecule has 0 saturated heterocycles. The van der Waals surface area contributed by atoms with Crippen LogP contribution in [0, 0.1) is 0 Å². The molecular formula is C11H12Cl2O3. The molecule has 3 nitrogen and oxygen atoms in total. The highest BCUT2D eigenvalue weighted by atomic mass is 35.5. The molecule has 0 aliphatic carbocycles. The zero-order valence-electron chi connectivity index (χ0n) is 8.80. The molecule has 0 aliphatic heterocycles. The van der Waals surface area contributed by atoms with Crippen LogP contribution in [-0.4, -0.2) is 24.6 Å². The fourth-order valence-corrected chi connectivity index (χ4v) is 1.78. The van der Waals surface area contributed by atoms with E-state index in [4.69, 9.17) is 27.9 Å². The van der Waals surface area contributed by atoms with Gasteiger partial charge in [-0.1, -0.05) is 23.2 Å². The summed E-state index contributed by atoms with van der Waals surface area (Å²) in [7, 11) is 1.57. The summed E-state index contributed by atoms with van der Waals surface area (Å²) >= 11 is 11.5. The monoisotopic (exact) mass is 262 g/mol. The van der Waals surface area contributed by atoms with Crippen LogP contribution in [0.3, 0.4) is 0 Å². The van der Waals surface area contributed by atoms with Crippen LogP contribution in [0.15, 0.2) is 12.1 Å². The summed E-state index contributed by atoms with van der Waals surface area (Å²) in [6, 6.07) is 2.81. The first-order valence-corrected chi connectivity index (χ1v) is 5.52. The second-order valence-electron chi connectivity index (χ2n) is 3.30. The zero-order chi connectivity index (χ0) is 12.1. The number of benzene rings is 1. The predicted octanol–water partition coefficient (Wildman–Crippen LogP) is 3.31. The second-order valence-corrected chi connectivity index (χ2v) is 4.15. The Kier molecular flexibility index (Phi) is 5.06. The summed E-state index contributed by atoms with van der Waals surface area (Å²) in [6.45, 7) is 0.501. The third kappa shape index (κ3) is 3.37. The lowest BCUT2D eigenvalue weighted by Gasteiger charge is -2.06. The van der Waals surface area contributed by atoms with E-state index in [0.717, 1.165) is 0 Å². The molecule has 1 rings (SSSR count). The molecule has 1 aromatic carbocycles. The van der Waals surface area contributed by atoms with Crippen LogP contribution in [0.2, 0.25) is 10.0 Å². The number of carbonyl (C=O) groups is 1. The number of ketones is 1. The number of methoxy groups -OCH3 is 1. The third-order valence-corrected chi connectivity index (χ3v) is 2.59. The Balaban J connectivity index is 2.82. The molecule has 0 aromatic heterocycles. The van der Waals surface area contributed by atoms with Crippen molar-refractivity contribution in [3.63, 3.8) is 0 Å². The molecule has 0 aliphatic rings. The minimum atomic E-state index is -0.214. The van der Waals surface area contributed by atoms with Gasteiger partial charge in [0, 0.05) is 25.2 Å². The van der Waals surface area contributed by atoms with Gasteiger partial charge in [0.15, 0.2) is 5.78 Å². The fraction of sp³-hybridized carbons (Fsp3) is 0.364. The van der Waals surface area contributed by atoms with Crippen molar-refractivity contribution in [3.05, 3.63) is 27.7 Å². The molecule has 5 heteroatoms. The Morgan fingerprint density at radius 2 is 2.12 bits per heavy atom. The normalized spacial score (nSPS) is 10.4. The van der Waals surface area contributed by atoms with Gasteiger partial charge >= 0.3 is 0 Å². The van der Waals surface area contributed by atoms with E-state index in [9.17, 15) is 9.90 Å². The number of rotatable bonds is 5. The maximum Gasteiger partial charge on any atom is 0.166 e. The summed E-state index contributed by atoms with van der Waals surface area (Å²) in [4.78, 5) is 11.7. The highest BCUT2D eigenvalue weighted by Gasteiger charge is 2.14. The average Bonchev–Trinajstić information content (AvgIpc) is 2.23. The molecule has 0 atom stereocenters. The van der Waals surface area contributed by atoms with Crippen LogP contribution in [-0.2, 0) is 4.74 Å². The van der Waals surface area contributed by atoms with E-state index >= 15 is 0 Å². The lowest BCUT2D eigenvalue weighted by Crippen LogP contribution is -2.02. The van der Waals surface area contributed by atoms with E-state index in [1.54, 1.807) is 7.11 Å². The molecule has 1 N–H and O–H groups in total. The van der Waals surface area contributed by atoms with Crippen molar-refractivity contribution >= 4 is 29.0 Å². The number of halogens is 2. The Morgan fingerprint density at radius 1 is 1.44 bits per heavy atom. The first-order valence-electron chi connectivity index (χ1n) is 4.76. The minimum absolute atomic E-state index is 0.0857. The van der Waals surface area contributed by atoms with E-state index < -0.39 is 0 Å². The van der Waals surface area contributed by atoms with Crippen molar-refractivity contribution in [2.24, 2.45) is 0 Å². The van der Waals surface area contributed by atoms with Gasteiger partial charge in [-0.2, -0.15) is 0 Å². The molecule has 0 spiro atoms. The van der Waals surface area contributed by atoms with Crippen molar-refractivity contribution in [2.45, 2.75) is 12.8 Å². The standard InChI is InChI=1S/C11H12Cl2O3/c1-16-4-2-3-10(14)8-5-7(12)6-9(13)11(8)15/h5-6,15H,2-4H2,1H3. The average molecular weight is 263 g/mol. The van der Waals surface area contributed by atoms with Gasteiger partial charge in [0.1, 0.15) is 5.75 Å². The SMILES string of the molecule is COCCCC(=O)c1cc(Cl)cc(Cl)c1O. The molecule has 1 aromatic rings. The smallest absolute Gasteiger partial charge is 0.166 e. The predicted molar refractivity (Wildman–Crippen MR) is 63.6 cm³/mol. The van der Waals surface area contributed by atoms with Gasteiger partial charge in [0.05, 0.1) is 10.6 Å². The number of hydrogen-bond donors (Lipinski definition) is 1. The lowest BCUT2D eigenvalue weighted by molar-refractivity contribution is 0.0961. The minimum Gasteiger partial charge on any atom is -0.506 e. The third-order valence-electron chi connectivity index (χ3n) is 2.08. The Morgan fingerprint density at radius 3 is 2.75 bits per heavy atom. The summed E-state index contributed by atoms with van der Waals surface area (Å²) in [5, 5.41) is 10.0. The van der Waals surface area contributed by atoms with Gasteiger partial charge in [0.2, 0.25) is 0 Å². The van der Waals surface area contributed by atoms with Crippen LogP contribution < -0.4 is 0 Å². The summed E-state index contributed by atoms with van der Waals surface area (Å²) in [6.07, 6.45) is 0.886. The Labute approximate surface area is 104 Å². The van der Waals surface area contributed by atoms with E-state index in [-0.39, 0.29) is 28.5 Å². The molecule has 0 saturated carbocycles. The van der Waals surface area contributed by atoms with Gasteiger partial charge < -0.3 is 9.84 Å². The summed E-state index contributed by atoms with van der Waals surface area (Å²) in [5.74, 6) is -0.410. The van der Waals surface area contributed by atoms with E-state index in [2.05, 4.69) is 0 Å². The van der Waals surface area contributed by atoms with E-state index in [1.165, 1.54) is 12.1 Å². The molecule has 0 unspecified atom stereocenters. The Bertz CT molecular complexity index is 391. The molecule has 0 fully saturated rings. The van der Waals surface area contributed by atoms with Crippen LogP contribution in [0.25, 0.3) is 0 Å². The quantitative estimate of drug-likeness (QED) is 0.654. The van der Waals surface area contributed by atoms with Gasteiger partial charge in [-0.25, -0.2) is 0 Å². The van der Waals surface area contributed by atoms with Gasteiger partial charge in [-0.15, -0.1) is 0 Å². The van der Waals surface area contributed by atoms with Crippen LogP contribution in [0.4, 0.5) is 0 Å². The van der Waals surface area contributed by atoms with Crippen molar-refractivity contribution < 1.29 is 14.6 Å². The number of carbonyl (C=O) groups excluding carboxylic acids is 1. The second kappa shape index (κ2) is 6.09. The lowest BCUT2D eigenvalue weighted by atomic mass is 10.1. The molecule has 88 valence electrons. The number of ether oxygens (including phenoxy) is 1. The molecule has 0 amide bonds. The number of phenols is 1. The molecule has 16 heavy (non-hydrogen) atoms. The number of hydrogen-bond acceptors (Lipinski definition) is 3. The zero-order valence-corrected chi connectivity index (χ0v) is 10.3. The first-order chi connectivity index (χ1) is 7.56. The number of aromatic hydroxyl groups is 1. The molecule has 0 heterocycles. The summed E-state index contributed by atoms with van der Waals surface area (Å²) < 4.78 is 4.84. The highest BCUT2D eigenvalue weighted by molar-refractivity contribution is 6.36.